The van der Waals surface area contributed by atoms with Crippen LogP contribution in [-0.2, 0) is 23.9 Å². The topological polar surface area (TPSA) is 127 Å². The molecule has 0 radical (unpaired) electrons. The van der Waals surface area contributed by atoms with Gasteiger partial charge in [0.2, 0.25) is 5.60 Å². The Morgan fingerprint density at radius 3 is 2.50 bits per heavy atom. The molecule has 0 saturated carbocycles. The zero-order valence-corrected chi connectivity index (χ0v) is 18.9. The molecule has 1 aromatic carbocycles. The van der Waals surface area contributed by atoms with Crippen LogP contribution in [0.1, 0.15) is 39.2 Å². The fourth-order valence-corrected chi connectivity index (χ4v) is 3.36. The Morgan fingerprint density at radius 2 is 1.88 bits per heavy atom. The molecule has 34 heavy (non-hydrogen) atoms. The Kier molecular flexibility index (Phi) is 7.20. The van der Waals surface area contributed by atoms with Crippen LogP contribution in [0.3, 0.4) is 0 Å². The van der Waals surface area contributed by atoms with Gasteiger partial charge in [0.1, 0.15) is 23.3 Å². The minimum absolute atomic E-state index is 0.0340. The molecule has 1 fully saturated rings. The Labute approximate surface area is 194 Å². The maximum absolute atomic E-state index is 13.5. The first kappa shape index (κ1) is 25.1. The Balaban J connectivity index is 1.53. The van der Waals surface area contributed by atoms with E-state index in [0.717, 1.165) is 18.2 Å². The summed E-state index contributed by atoms with van der Waals surface area (Å²) in [6.45, 7) is 8.69. The molecule has 10 nitrogen and oxygen atoms in total. The van der Waals surface area contributed by atoms with E-state index in [1.54, 1.807) is 20.8 Å². The van der Waals surface area contributed by atoms with Crippen molar-refractivity contribution < 1.29 is 37.5 Å². The quantitative estimate of drug-likeness (QED) is 0.436. The summed E-state index contributed by atoms with van der Waals surface area (Å²) in [6.07, 6.45) is -0.471. The number of nitrogens with zero attached hydrogens (tertiary/aromatic N) is 1. The van der Waals surface area contributed by atoms with E-state index in [-0.39, 0.29) is 30.7 Å². The van der Waals surface area contributed by atoms with Gasteiger partial charge in [-0.3, -0.25) is 15.0 Å². The molecule has 2 aliphatic rings. The molecule has 3 rings (SSSR count). The Morgan fingerprint density at radius 1 is 1.21 bits per heavy atom. The van der Waals surface area contributed by atoms with Crippen molar-refractivity contribution in [3.8, 4) is 0 Å². The Hall–Kier alpha value is -3.54. The first-order chi connectivity index (χ1) is 15.9. The second-order valence-corrected chi connectivity index (χ2v) is 8.90. The third-order valence-corrected chi connectivity index (χ3v) is 4.97. The zero-order valence-electron chi connectivity index (χ0n) is 18.9. The lowest BCUT2D eigenvalue weighted by Crippen LogP contribution is -2.50. The second kappa shape index (κ2) is 9.75. The van der Waals surface area contributed by atoms with Crippen LogP contribution in [0, 0.1) is 11.6 Å². The first-order valence-electron chi connectivity index (χ1n) is 10.5. The lowest BCUT2D eigenvalue weighted by molar-refractivity contribution is -0.139. The minimum Gasteiger partial charge on any atom is -0.443 e. The highest BCUT2D eigenvalue weighted by Gasteiger charge is 2.46. The van der Waals surface area contributed by atoms with E-state index in [1.807, 2.05) is 0 Å². The number of halogens is 2. The van der Waals surface area contributed by atoms with E-state index in [4.69, 9.17) is 14.3 Å². The van der Waals surface area contributed by atoms with Crippen LogP contribution in [0.25, 0.3) is 0 Å². The first-order valence-corrected chi connectivity index (χ1v) is 10.5. The average molecular weight is 480 g/mol. The van der Waals surface area contributed by atoms with Crippen molar-refractivity contribution >= 4 is 23.6 Å². The van der Waals surface area contributed by atoms with Crippen molar-refractivity contribution in [3.63, 3.8) is 0 Å². The van der Waals surface area contributed by atoms with Gasteiger partial charge in [-0.1, -0.05) is 11.7 Å². The fraction of sp³-hybridized carbons (Fsp3) is 0.455. The number of hydrogen-bond donors (Lipinski definition) is 3. The third-order valence-electron chi connectivity index (χ3n) is 4.97. The van der Waals surface area contributed by atoms with Crippen molar-refractivity contribution in [1.82, 2.24) is 16.2 Å². The average Bonchev–Trinajstić information content (AvgIpc) is 3.38. The highest BCUT2D eigenvalue weighted by molar-refractivity contribution is 6.06. The number of amides is 3. The standard InChI is InChI=1S/C22H26F2N4O6/c1-5-22(10-16(28-34-22)12-6-13(23)8-14(24)7-12)19(30)25-15-9-17(32-11-15)18(29)26-27-20(31)33-21(2,3)4/h5-8,15,17H,1,9-11H2,2-4H3,(H,25,30)(H,26,29)(H,27,31)/t15?,17?,22-/m1/s1. The fourth-order valence-electron chi connectivity index (χ4n) is 3.36. The van der Waals surface area contributed by atoms with Gasteiger partial charge in [0.15, 0.2) is 0 Å². The summed E-state index contributed by atoms with van der Waals surface area (Å²) < 4.78 is 37.5. The van der Waals surface area contributed by atoms with Crippen LogP contribution in [-0.4, -0.2) is 53.6 Å². The van der Waals surface area contributed by atoms with Crippen molar-refractivity contribution in [2.75, 3.05) is 6.61 Å². The summed E-state index contributed by atoms with van der Waals surface area (Å²) in [6, 6.07) is 2.35. The number of benzene rings is 1. The van der Waals surface area contributed by atoms with Gasteiger partial charge >= 0.3 is 6.09 Å². The van der Waals surface area contributed by atoms with Gasteiger partial charge in [0.25, 0.3) is 11.8 Å². The maximum atomic E-state index is 13.5. The molecule has 12 heteroatoms. The molecular weight excluding hydrogens is 454 g/mol. The Bertz CT molecular complexity index is 1000. The van der Waals surface area contributed by atoms with E-state index in [9.17, 15) is 23.2 Å². The van der Waals surface area contributed by atoms with Crippen LogP contribution >= 0.6 is 0 Å². The highest BCUT2D eigenvalue weighted by atomic mass is 19.1. The summed E-state index contributed by atoms with van der Waals surface area (Å²) in [5.41, 5.74) is 2.34. The molecule has 0 bridgehead atoms. The molecule has 184 valence electrons. The second-order valence-electron chi connectivity index (χ2n) is 8.90. The molecule has 2 aliphatic heterocycles. The van der Waals surface area contributed by atoms with Crippen LogP contribution in [0.5, 0.6) is 0 Å². The lowest BCUT2D eigenvalue weighted by Gasteiger charge is -2.23. The summed E-state index contributed by atoms with van der Waals surface area (Å²) in [5.74, 6) is -2.78. The highest BCUT2D eigenvalue weighted by Crippen LogP contribution is 2.29. The number of carbonyl (C=O) groups excluding carboxylic acids is 3. The van der Waals surface area contributed by atoms with Gasteiger partial charge in [-0.15, -0.1) is 0 Å². The molecule has 2 unspecified atom stereocenters. The van der Waals surface area contributed by atoms with E-state index in [0.29, 0.717) is 0 Å². The molecule has 0 spiro atoms. The smallest absolute Gasteiger partial charge is 0.426 e. The number of hydrogen-bond acceptors (Lipinski definition) is 7. The molecule has 1 saturated heterocycles. The van der Waals surface area contributed by atoms with Crippen molar-refractivity contribution in [2.24, 2.45) is 5.16 Å². The van der Waals surface area contributed by atoms with Gasteiger partial charge < -0.3 is 19.6 Å². The van der Waals surface area contributed by atoms with Gasteiger partial charge in [-0.05, 0) is 39.0 Å². The van der Waals surface area contributed by atoms with Crippen molar-refractivity contribution in [1.29, 1.82) is 0 Å². The molecule has 0 aromatic heterocycles. The number of nitrogens with one attached hydrogen (secondary N) is 3. The number of ether oxygens (including phenoxy) is 2. The third kappa shape index (κ3) is 6.07. The summed E-state index contributed by atoms with van der Waals surface area (Å²) in [4.78, 5) is 42.1. The molecule has 3 atom stereocenters. The van der Waals surface area contributed by atoms with Crippen molar-refractivity contribution in [2.45, 2.75) is 57.0 Å². The van der Waals surface area contributed by atoms with Crippen LogP contribution in [0.2, 0.25) is 0 Å². The predicted octanol–water partition coefficient (Wildman–Crippen LogP) is 1.84. The number of oxime groups is 1. The zero-order chi connectivity index (χ0) is 25.1. The lowest BCUT2D eigenvalue weighted by atomic mass is 9.92. The molecule has 1 aromatic rings. The molecule has 0 aliphatic carbocycles. The van der Waals surface area contributed by atoms with Gasteiger partial charge in [-0.2, -0.15) is 0 Å². The van der Waals surface area contributed by atoms with Crippen LogP contribution in [0.4, 0.5) is 13.6 Å². The number of rotatable bonds is 5. The minimum atomic E-state index is -1.59. The van der Waals surface area contributed by atoms with Crippen LogP contribution in [0.15, 0.2) is 36.0 Å². The van der Waals surface area contributed by atoms with Gasteiger partial charge in [-0.25, -0.2) is 19.0 Å². The van der Waals surface area contributed by atoms with E-state index < -0.39 is 52.9 Å². The molecular formula is C22H26F2N4O6. The number of carbonyl (C=O) groups is 3. The van der Waals surface area contributed by atoms with E-state index in [1.165, 1.54) is 6.08 Å². The van der Waals surface area contributed by atoms with Crippen molar-refractivity contribution in [3.05, 3.63) is 48.1 Å². The monoisotopic (exact) mass is 480 g/mol. The predicted molar refractivity (Wildman–Crippen MR) is 115 cm³/mol. The summed E-state index contributed by atoms with van der Waals surface area (Å²) in [7, 11) is 0. The van der Waals surface area contributed by atoms with E-state index >= 15 is 0 Å². The largest absolute Gasteiger partial charge is 0.443 e. The normalized spacial score (nSPS) is 24.0. The maximum Gasteiger partial charge on any atom is 0.426 e. The van der Waals surface area contributed by atoms with Crippen LogP contribution < -0.4 is 16.2 Å². The SMILES string of the molecule is C=C[C@]1(C(=O)NC2COC(C(=O)NNC(=O)OC(C)(C)C)C2)CC(c2cc(F)cc(F)c2)=NO1. The van der Waals surface area contributed by atoms with E-state index in [2.05, 4.69) is 27.9 Å². The molecule has 3 N–H and O–H groups in total. The summed E-state index contributed by atoms with van der Waals surface area (Å²) in [5, 5.41) is 6.54. The van der Waals surface area contributed by atoms with Gasteiger partial charge in [0.05, 0.1) is 18.4 Å². The van der Waals surface area contributed by atoms with Gasteiger partial charge in [0, 0.05) is 24.5 Å². The number of hydrazine groups is 1. The summed E-state index contributed by atoms with van der Waals surface area (Å²) >= 11 is 0. The molecule has 2 heterocycles. The molecule has 3 amide bonds.